The van der Waals surface area contributed by atoms with Crippen molar-refractivity contribution in [3.8, 4) is 0 Å². The van der Waals surface area contributed by atoms with E-state index in [0.29, 0.717) is 18.0 Å². The molecule has 0 unspecified atom stereocenters. The lowest BCUT2D eigenvalue weighted by Gasteiger charge is -2.33. The Morgan fingerprint density at radius 1 is 0.947 bits per heavy atom. The molecule has 0 spiro atoms. The monoisotopic (exact) mass is 555 g/mol. The fourth-order valence-electron chi connectivity index (χ4n) is 4.06. The van der Waals surface area contributed by atoms with Gasteiger partial charge in [0.2, 0.25) is 11.8 Å². The van der Waals surface area contributed by atoms with E-state index in [4.69, 9.17) is 11.6 Å². The summed E-state index contributed by atoms with van der Waals surface area (Å²) in [5.74, 6) is -0.766. The minimum absolute atomic E-state index is 0.0539. The fraction of sp³-hybridized carbons (Fsp3) is 0.310. The first-order valence-corrected chi connectivity index (χ1v) is 14.4. The van der Waals surface area contributed by atoms with Crippen LogP contribution in [0.3, 0.4) is 0 Å². The quantitative estimate of drug-likeness (QED) is 0.334. The van der Waals surface area contributed by atoms with Crippen LogP contribution in [-0.2, 0) is 26.2 Å². The Balaban J connectivity index is 2.04. The number of sulfonamides is 1. The van der Waals surface area contributed by atoms with Gasteiger partial charge >= 0.3 is 0 Å². The van der Waals surface area contributed by atoms with Crippen molar-refractivity contribution < 1.29 is 18.0 Å². The Kier molecular flexibility index (Phi) is 10.3. The number of amides is 2. The van der Waals surface area contributed by atoms with Gasteiger partial charge in [-0.25, -0.2) is 8.42 Å². The third kappa shape index (κ3) is 7.36. The van der Waals surface area contributed by atoms with Crippen LogP contribution in [0.25, 0.3) is 0 Å². The van der Waals surface area contributed by atoms with E-state index in [-0.39, 0.29) is 23.0 Å². The molecule has 38 heavy (non-hydrogen) atoms. The standard InChI is InChI=1S/C29H34ClN3O4S/c1-4-18-31-29(35)27(5-2)32(20-23-10-7-6-8-11-23)28(34)21-33(25-13-9-12-24(30)19-25)38(36,37)26-16-14-22(3)15-17-26/h6-17,19,27H,4-5,18,20-21H2,1-3H3,(H,31,35)/t27-/m0/s1. The van der Waals surface area contributed by atoms with Gasteiger partial charge in [-0.15, -0.1) is 0 Å². The number of aryl methyl sites for hydroxylation is 1. The summed E-state index contributed by atoms with van der Waals surface area (Å²) in [4.78, 5) is 28.5. The summed E-state index contributed by atoms with van der Waals surface area (Å²) in [7, 11) is -4.13. The van der Waals surface area contributed by atoms with E-state index < -0.39 is 28.5 Å². The van der Waals surface area contributed by atoms with Crippen molar-refractivity contribution in [1.82, 2.24) is 10.2 Å². The Morgan fingerprint density at radius 3 is 2.24 bits per heavy atom. The summed E-state index contributed by atoms with van der Waals surface area (Å²) in [5, 5.41) is 3.21. The van der Waals surface area contributed by atoms with Gasteiger partial charge in [0.25, 0.3) is 10.0 Å². The molecule has 3 rings (SSSR count). The Bertz CT molecular complexity index is 1330. The maximum absolute atomic E-state index is 13.9. The SMILES string of the molecule is CCCNC(=O)[C@H](CC)N(Cc1ccccc1)C(=O)CN(c1cccc(Cl)c1)S(=O)(=O)c1ccc(C)cc1. The van der Waals surface area contributed by atoms with E-state index in [9.17, 15) is 18.0 Å². The van der Waals surface area contributed by atoms with Crippen molar-refractivity contribution in [2.45, 2.75) is 51.1 Å². The Hall–Kier alpha value is -3.36. The van der Waals surface area contributed by atoms with Crippen molar-refractivity contribution in [2.75, 3.05) is 17.4 Å². The van der Waals surface area contributed by atoms with Crippen LogP contribution in [0.15, 0.2) is 83.8 Å². The van der Waals surface area contributed by atoms with E-state index in [1.54, 1.807) is 30.3 Å². The van der Waals surface area contributed by atoms with Crippen molar-refractivity contribution >= 4 is 39.1 Å². The van der Waals surface area contributed by atoms with Gasteiger partial charge in [0.1, 0.15) is 12.6 Å². The predicted octanol–water partition coefficient (Wildman–Crippen LogP) is 5.18. The van der Waals surface area contributed by atoms with Crippen molar-refractivity contribution in [1.29, 1.82) is 0 Å². The molecule has 0 aliphatic rings. The average molecular weight is 556 g/mol. The second kappa shape index (κ2) is 13.4. The lowest BCUT2D eigenvalue weighted by molar-refractivity contribution is -0.140. The zero-order valence-electron chi connectivity index (χ0n) is 21.9. The molecule has 1 N–H and O–H groups in total. The van der Waals surface area contributed by atoms with Crippen molar-refractivity contribution in [3.05, 3.63) is 95.0 Å². The number of halogens is 1. The second-order valence-corrected chi connectivity index (χ2v) is 11.3. The molecule has 7 nitrogen and oxygen atoms in total. The number of hydrogen-bond donors (Lipinski definition) is 1. The maximum atomic E-state index is 13.9. The van der Waals surface area contributed by atoms with Crippen LogP contribution < -0.4 is 9.62 Å². The van der Waals surface area contributed by atoms with E-state index in [1.807, 2.05) is 51.1 Å². The molecule has 0 radical (unpaired) electrons. The number of carbonyl (C=O) groups excluding carboxylic acids is 2. The molecule has 0 bridgehead atoms. The highest BCUT2D eigenvalue weighted by molar-refractivity contribution is 7.92. The first-order valence-electron chi connectivity index (χ1n) is 12.6. The van der Waals surface area contributed by atoms with Crippen LogP contribution in [-0.4, -0.2) is 44.3 Å². The summed E-state index contributed by atoms with van der Waals surface area (Å²) in [6.45, 7) is 5.79. The molecule has 3 aromatic carbocycles. The lowest BCUT2D eigenvalue weighted by Crippen LogP contribution is -2.52. The van der Waals surface area contributed by atoms with Crippen LogP contribution in [0.1, 0.15) is 37.8 Å². The van der Waals surface area contributed by atoms with E-state index in [1.165, 1.54) is 23.1 Å². The number of benzene rings is 3. The summed E-state index contributed by atoms with van der Waals surface area (Å²) >= 11 is 6.21. The molecule has 0 aromatic heterocycles. The molecule has 0 aliphatic carbocycles. The van der Waals surface area contributed by atoms with Crippen molar-refractivity contribution in [3.63, 3.8) is 0 Å². The van der Waals surface area contributed by atoms with Gasteiger partial charge in [0.15, 0.2) is 0 Å². The summed E-state index contributed by atoms with van der Waals surface area (Å²) in [6, 6.07) is 21.4. The molecule has 1 atom stereocenters. The van der Waals surface area contributed by atoms with Gasteiger partial charge in [0, 0.05) is 18.1 Å². The molecule has 2 amide bonds. The number of hydrogen-bond acceptors (Lipinski definition) is 4. The zero-order valence-corrected chi connectivity index (χ0v) is 23.5. The fourth-order valence-corrected chi connectivity index (χ4v) is 5.65. The van der Waals surface area contributed by atoms with Crippen LogP contribution in [0, 0.1) is 6.92 Å². The largest absolute Gasteiger partial charge is 0.354 e. The summed E-state index contributed by atoms with van der Waals surface area (Å²) in [5.41, 5.74) is 2.00. The van der Waals surface area contributed by atoms with Gasteiger partial charge < -0.3 is 10.2 Å². The third-order valence-corrected chi connectivity index (χ3v) is 8.14. The predicted molar refractivity (Wildman–Crippen MR) is 152 cm³/mol. The van der Waals surface area contributed by atoms with Crippen LogP contribution in [0.2, 0.25) is 5.02 Å². The first kappa shape index (κ1) is 29.2. The number of rotatable bonds is 12. The number of carbonyl (C=O) groups is 2. The third-order valence-electron chi connectivity index (χ3n) is 6.11. The van der Waals surface area contributed by atoms with Crippen molar-refractivity contribution in [2.24, 2.45) is 0 Å². The van der Waals surface area contributed by atoms with Gasteiger partial charge in [-0.2, -0.15) is 0 Å². The highest BCUT2D eigenvalue weighted by atomic mass is 35.5. The Labute approximate surface area is 230 Å². The Morgan fingerprint density at radius 2 is 1.63 bits per heavy atom. The molecule has 0 fully saturated rings. The lowest BCUT2D eigenvalue weighted by atomic mass is 10.1. The normalized spacial score (nSPS) is 12.0. The van der Waals surface area contributed by atoms with Gasteiger partial charge in [0.05, 0.1) is 10.6 Å². The molecule has 3 aromatic rings. The molecule has 0 aliphatic heterocycles. The van der Waals surface area contributed by atoms with Gasteiger partial charge in [-0.3, -0.25) is 13.9 Å². The van der Waals surface area contributed by atoms with Gasteiger partial charge in [-0.05, 0) is 55.7 Å². The summed E-state index contributed by atoms with van der Waals surface area (Å²) in [6.07, 6.45) is 1.13. The molecular weight excluding hydrogens is 522 g/mol. The molecule has 202 valence electrons. The van der Waals surface area contributed by atoms with E-state index in [2.05, 4.69) is 5.32 Å². The average Bonchev–Trinajstić information content (AvgIpc) is 2.91. The second-order valence-electron chi connectivity index (χ2n) is 9.03. The molecule has 0 saturated carbocycles. The maximum Gasteiger partial charge on any atom is 0.264 e. The zero-order chi connectivity index (χ0) is 27.7. The minimum Gasteiger partial charge on any atom is -0.354 e. The molecule has 0 saturated heterocycles. The number of nitrogens with zero attached hydrogens (tertiary/aromatic N) is 2. The topological polar surface area (TPSA) is 86.8 Å². The number of nitrogens with one attached hydrogen (secondary N) is 1. The highest BCUT2D eigenvalue weighted by Gasteiger charge is 2.33. The van der Waals surface area contributed by atoms with Crippen LogP contribution >= 0.6 is 11.6 Å². The van der Waals surface area contributed by atoms with Gasteiger partial charge in [-0.1, -0.05) is 79.5 Å². The molecular formula is C29H34ClN3O4S. The highest BCUT2D eigenvalue weighted by Crippen LogP contribution is 2.27. The van der Waals surface area contributed by atoms with E-state index in [0.717, 1.165) is 21.9 Å². The molecule has 9 heteroatoms. The smallest absolute Gasteiger partial charge is 0.264 e. The van der Waals surface area contributed by atoms with Crippen LogP contribution in [0.4, 0.5) is 5.69 Å². The van der Waals surface area contributed by atoms with Crippen LogP contribution in [0.5, 0.6) is 0 Å². The summed E-state index contributed by atoms with van der Waals surface area (Å²) < 4.78 is 28.7. The first-order chi connectivity index (χ1) is 18.2. The minimum atomic E-state index is -4.13. The number of anilines is 1. The molecule has 0 heterocycles. The van der Waals surface area contributed by atoms with E-state index >= 15 is 0 Å².